The van der Waals surface area contributed by atoms with Gasteiger partial charge < -0.3 is 5.32 Å². The minimum Gasteiger partial charge on any atom is -0.388 e. The number of aryl methyl sites for hydroxylation is 1. The number of hydrogen-bond acceptors (Lipinski definition) is 1. The van der Waals surface area contributed by atoms with Gasteiger partial charge in [-0.2, -0.15) is 0 Å². The van der Waals surface area contributed by atoms with Crippen LogP contribution in [0.25, 0.3) is 11.1 Å². The van der Waals surface area contributed by atoms with E-state index in [0.717, 1.165) is 23.7 Å². The second kappa shape index (κ2) is 8.94. The van der Waals surface area contributed by atoms with Crippen LogP contribution in [0.4, 0.5) is 5.69 Å². The van der Waals surface area contributed by atoms with Crippen molar-refractivity contribution in [3.63, 3.8) is 0 Å². The summed E-state index contributed by atoms with van der Waals surface area (Å²) in [5.41, 5.74) is 8.14. The Balaban J connectivity index is 1.40. The van der Waals surface area contributed by atoms with E-state index >= 15 is 0 Å². The number of nitrogens with one attached hydrogen (secondary N) is 1. The predicted molar refractivity (Wildman–Crippen MR) is 127 cm³/mol. The third kappa shape index (κ3) is 4.55. The highest BCUT2D eigenvalue weighted by molar-refractivity contribution is 5.71. The lowest BCUT2D eigenvalue weighted by Gasteiger charge is -2.37. The Morgan fingerprint density at radius 2 is 1.31 bits per heavy atom. The van der Waals surface area contributed by atoms with E-state index in [2.05, 4.69) is 62.5 Å². The maximum atomic E-state index is 3.34. The quantitative estimate of drug-likeness (QED) is 0.557. The Labute approximate surface area is 178 Å². The molecule has 0 aromatic heterocycles. The Hall–Kier alpha value is -1.76. The highest BCUT2D eigenvalue weighted by atomic mass is 14.8. The average Bonchev–Trinajstić information content (AvgIpc) is 2.76. The molecule has 0 spiro atoms. The molecule has 0 atom stereocenters. The lowest BCUT2D eigenvalue weighted by atomic mass is 9.68. The Morgan fingerprint density at radius 1 is 0.724 bits per heavy atom. The molecule has 29 heavy (non-hydrogen) atoms. The second-order valence-corrected chi connectivity index (χ2v) is 9.97. The number of rotatable bonds is 4. The van der Waals surface area contributed by atoms with Crippen molar-refractivity contribution in [2.75, 3.05) is 12.4 Å². The van der Waals surface area contributed by atoms with Gasteiger partial charge in [0.25, 0.3) is 0 Å². The minimum absolute atomic E-state index is 0.774. The first kappa shape index (κ1) is 20.5. The highest BCUT2D eigenvalue weighted by Gasteiger charge is 2.30. The molecule has 2 aliphatic carbocycles. The van der Waals surface area contributed by atoms with Crippen LogP contribution in [-0.4, -0.2) is 7.05 Å². The molecule has 2 saturated carbocycles. The standard InChI is InChI=1S/C28H39N/c1-19-5-7-22(8-6-19)23-9-11-24(12-10-23)25-13-15-26(16-14-25)27-17-20(2)21(3)28(18-27)29-4/h13-19,22-24,29H,5-12H2,1-4H3. The summed E-state index contributed by atoms with van der Waals surface area (Å²) in [7, 11) is 2.01. The molecular formula is C28H39N. The summed E-state index contributed by atoms with van der Waals surface area (Å²) in [6, 6.07) is 14.1. The SMILES string of the molecule is CNc1cc(-c2ccc(C3CCC(C4CCC(C)CC4)CC3)cc2)cc(C)c1C. The van der Waals surface area contributed by atoms with Gasteiger partial charge in [-0.05, 0) is 110 Å². The second-order valence-electron chi connectivity index (χ2n) is 9.97. The van der Waals surface area contributed by atoms with Crippen molar-refractivity contribution < 1.29 is 0 Å². The first-order chi connectivity index (χ1) is 14.0. The molecule has 4 rings (SSSR count). The van der Waals surface area contributed by atoms with Crippen molar-refractivity contribution in [2.45, 2.75) is 78.1 Å². The van der Waals surface area contributed by atoms with Crippen molar-refractivity contribution in [1.82, 2.24) is 0 Å². The van der Waals surface area contributed by atoms with Crippen molar-refractivity contribution in [3.8, 4) is 11.1 Å². The predicted octanol–water partition coefficient (Wildman–Crippen LogP) is 8.11. The van der Waals surface area contributed by atoms with Crippen molar-refractivity contribution in [2.24, 2.45) is 17.8 Å². The Bertz CT molecular complexity index is 803. The topological polar surface area (TPSA) is 12.0 Å². The molecule has 2 aliphatic rings. The molecule has 0 radical (unpaired) electrons. The van der Waals surface area contributed by atoms with Crippen LogP contribution in [0, 0.1) is 31.6 Å². The van der Waals surface area contributed by atoms with E-state index in [4.69, 9.17) is 0 Å². The molecule has 1 N–H and O–H groups in total. The fourth-order valence-electron chi connectivity index (χ4n) is 5.91. The molecule has 1 nitrogen and oxygen atoms in total. The summed E-state index contributed by atoms with van der Waals surface area (Å²) in [5, 5.41) is 3.34. The van der Waals surface area contributed by atoms with Gasteiger partial charge in [-0.25, -0.2) is 0 Å². The van der Waals surface area contributed by atoms with E-state index < -0.39 is 0 Å². The first-order valence-electron chi connectivity index (χ1n) is 11.9. The van der Waals surface area contributed by atoms with Crippen molar-refractivity contribution in [1.29, 1.82) is 0 Å². The number of hydrogen-bond donors (Lipinski definition) is 1. The van der Waals surface area contributed by atoms with Crippen LogP contribution >= 0.6 is 0 Å². The summed E-state index contributed by atoms with van der Waals surface area (Å²) in [4.78, 5) is 0. The highest BCUT2D eigenvalue weighted by Crippen LogP contribution is 2.44. The van der Waals surface area contributed by atoms with Crippen LogP contribution in [-0.2, 0) is 0 Å². The van der Waals surface area contributed by atoms with Gasteiger partial charge in [-0.15, -0.1) is 0 Å². The van der Waals surface area contributed by atoms with E-state index in [-0.39, 0.29) is 0 Å². The van der Waals surface area contributed by atoms with Crippen LogP contribution in [0.5, 0.6) is 0 Å². The zero-order valence-corrected chi connectivity index (χ0v) is 18.9. The summed E-state index contributed by atoms with van der Waals surface area (Å²) in [5.74, 6) is 3.78. The van der Waals surface area contributed by atoms with Crippen molar-refractivity contribution in [3.05, 3.63) is 53.1 Å². The molecule has 0 saturated heterocycles. The van der Waals surface area contributed by atoms with E-state index in [1.54, 1.807) is 5.56 Å². The number of benzene rings is 2. The summed E-state index contributed by atoms with van der Waals surface area (Å²) < 4.78 is 0. The largest absolute Gasteiger partial charge is 0.388 e. The van der Waals surface area contributed by atoms with Crippen LogP contribution in [0.1, 0.15) is 80.9 Å². The number of anilines is 1. The van der Waals surface area contributed by atoms with E-state index in [1.807, 2.05) is 7.05 Å². The van der Waals surface area contributed by atoms with Gasteiger partial charge >= 0.3 is 0 Å². The van der Waals surface area contributed by atoms with Gasteiger partial charge in [0.2, 0.25) is 0 Å². The first-order valence-corrected chi connectivity index (χ1v) is 11.9. The van der Waals surface area contributed by atoms with Gasteiger partial charge in [0.05, 0.1) is 0 Å². The van der Waals surface area contributed by atoms with Crippen LogP contribution in [0.3, 0.4) is 0 Å². The van der Waals surface area contributed by atoms with E-state index in [0.29, 0.717) is 0 Å². The van der Waals surface area contributed by atoms with Gasteiger partial charge in [0.1, 0.15) is 0 Å². The average molecular weight is 390 g/mol. The molecule has 0 aliphatic heterocycles. The fourth-order valence-corrected chi connectivity index (χ4v) is 5.91. The molecule has 1 heteroatoms. The fraction of sp³-hybridized carbons (Fsp3) is 0.571. The third-order valence-electron chi connectivity index (χ3n) is 8.15. The maximum absolute atomic E-state index is 3.34. The molecule has 2 aromatic rings. The molecule has 0 bridgehead atoms. The van der Waals surface area contributed by atoms with Gasteiger partial charge in [-0.1, -0.05) is 50.1 Å². The zero-order valence-electron chi connectivity index (χ0n) is 18.9. The molecule has 2 fully saturated rings. The van der Waals surface area contributed by atoms with Crippen LogP contribution < -0.4 is 5.32 Å². The molecule has 0 unspecified atom stereocenters. The van der Waals surface area contributed by atoms with E-state index in [1.165, 1.54) is 79.3 Å². The monoisotopic (exact) mass is 389 g/mol. The summed E-state index contributed by atoms with van der Waals surface area (Å²) in [6.07, 6.45) is 11.6. The van der Waals surface area contributed by atoms with Gasteiger partial charge in [0, 0.05) is 12.7 Å². The zero-order chi connectivity index (χ0) is 20.4. The van der Waals surface area contributed by atoms with Gasteiger partial charge in [0.15, 0.2) is 0 Å². The Kier molecular flexibility index (Phi) is 6.32. The summed E-state index contributed by atoms with van der Waals surface area (Å²) in [6.45, 7) is 6.84. The lowest BCUT2D eigenvalue weighted by Crippen LogP contribution is -2.24. The van der Waals surface area contributed by atoms with Crippen molar-refractivity contribution >= 4 is 5.69 Å². The summed E-state index contributed by atoms with van der Waals surface area (Å²) >= 11 is 0. The lowest BCUT2D eigenvalue weighted by molar-refractivity contribution is 0.165. The smallest absolute Gasteiger partial charge is 0.0376 e. The molecule has 0 heterocycles. The van der Waals surface area contributed by atoms with Crippen LogP contribution in [0.15, 0.2) is 36.4 Å². The molecule has 156 valence electrons. The third-order valence-corrected chi connectivity index (χ3v) is 8.15. The molecular weight excluding hydrogens is 350 g/mol. The maximum Gasteiger partial charge on any atom is 0.0376 e. The minimum atomic E-state index is 0.774. The molecule has 2 aromatic carbocycles. The molecule has 0 amide bonds. The normalized spacial score (nSPS) is 27.6. The van der Waals surface area contributed by atoms with E-state index in [9.17, 15) is 0 Å². The van der Waals surface area contributed by atoms with Crippen LogP contribution in [0.2, 0.25) is 0 Å². The van der Waals surface area contributed by atoms with Gasteiger partial charge in [-0.3, -0.25) is 0 Å². The Morgan fingerprint density at radius 3 is 1.90 bits per heavy atom.